The Hall–Kier alpha value is -3.41. The van der Waals surface area contributed by atoms with Crippen molar-refractivity contribution in [2.45, 2.75) is 6.54 Å². The van der Waals surface area contributed by atoms with Gasteiger partial charge in [-0.1, -0.05) is 30.3 Å². The molecule has 6 nitrogen and oxygen atoms in total. The van der Waals surface area contributed by atoms with Crippen LogP contribution in [-0.4, -0.2) is 20.4 Å². The first-order valence-corrected chi connectivity index (χ1v) is 7.94. The Balaban J connectivity index is 1.59. The number of para-hydroxylation sites is 2. The number of rotatable bonds is 3. The lowest BCUT2D eigenvalue weighted by atomic mass is 10.1. The molecule has 0 unspecified atom stereocenters. The highest BCUT2D eigenvalue weighted by Gasteiger charge is 2.12. The van der Waals surface area contributed by atoms with Crippen LogP contribution >= 0.6 is 0 Å². The molecule has 6 heteroatoms. The van der Waals surface area contributed by atoms with Crippen LogP contribution in [0, 0.1) is 0 Å². The van der Waals surface area contributed by atoms with Crippen LogP contribution in [0.2, 0.25) is 0 Å². The Morgan fingerprint density at radius 3 is 2.76 bits per heavy atom. The van der Waals surface area contributed by atoms with E-state index in [-0.39, 0.29) is 23.7 Å². The minimum atomic E-state index is -0.338. The van der Waals surface area contributed by atoms with Crippen LogP contribution in [0.1, 0.15) is 16.3 Å². The van der Waals surface area contributed by atoms with Gasteiger partial charge in [-0.05, 0) is 29.7 Å². The summed E-state index contributed by atoms with van der Waals surface area (Å²) in [6.07, 6.45) is 0. The van der Waals surface area contributed by atoms with Gasteiger partial charge in [0.2, 0.25) is 0 Å². The predicted molar refractivity (Wildman–Crippen MR) is 96.5 cm³/mol. The summed E-state index contributed by atoms with van der Waals surface area (Å²) in [5.74, 6) is 0.410. The summed E-state index contributed by atoms with van der Waals surface area (Å²) < 4.78 is 1.94. The molecule has 0 saturated heterocycles. The van der Waals surface area contributed by atoms with Gasteiger partial charge in [0, 0.05) is 12.4 Å². The fourth-order valence-corrected chi connectivity index (χ4v) is 2.94. The quantitative estimate of drug-likeness (QED) is 0.604. The zero-order valence-electron chi connectivity index (χ0n) is 13.6. The van der Waals surface area contributed by atoms with E-state index in [1.165, 1.54) is 0 Å². The van der Waals surface area contributed by atoms with Gasteiger partial charge in [-0.3, -0.25) is 9.59 Å². The van der Waals surface area contributed by atoms with Crippen LogP contribution in [0.3, 0.4) is 0 Å². The predicted octanol–water partition coefficient (Wildman–Crippen LogP) is 2.34. The summed E-state index contributed by atoms with van der Waals surface area (Å²) in [5, 5.41) is 4.12. The molecule has 0 spiro atoms. The molecule has 2 N–H and O–H groups in total. The van der Waals surface area contributed by atoms with Crippen LogP contribution < -0.4 is 10.9 Å². The highest BCUT2D eigenvalue weighted by molar-refractivity contribution is 5.96. The SMILES string of the molecule is Cn1c(CNC(=O)c2cc3ccccc3c(=O)[nH]2)nc2ccccc21. The standard InChI is InChI=1S/C19H16N4O2/c1-23-16-9-5-4-8-14(16)21-17(23)11-20-19(25)15-10-12-6-2-3-7-13(12)18(24)22-15/h2-10H,11H2,1H3,(H,20,25)(H,22,24). The normalized spacial score (nSPS) is 11.1. The van der Waals surface area contributed by atoms with Crippen LogP contribution in [0.15, 0.2) is 59.4 Å². The number of aromatic nitrogens is 3. The van der Waals surface area contributed by atoms with Crippen LogP contribution in [-0.2, 0) is 13.6 Å². The summed E-state index contributed by atoms with van der Waals surface area (Å²) in [5.41, 5.74) is 1.85. The zero-order valence-corrected chi connectivity index (χ0v) is 13.6. The third-order valence-corrected chi connectivity index (χ3v) is 4.28. The summed E-state index contributed by atoms with van der Waals surface area (Å²) in [7, 11) is 1.91. The van der Waals surface area contributed by atoms with Gasteiger partial charge < -0.3 is 14.9 Å². The maximum absolute atomic E-state index is 12.4. The van der Waals surface area contributed by atoms with Gasteiger partial charge in [0.25, 0.3) is 11.5 Å². The van der Waals surface area contributed by atoms with Gasteiger partial charge in [-0.2, -0.15) is 0 Å². The molecule has 4 rings (SSSR count). The highest BCUT2D eigenvalue weighted by Crippen LogP contribution is 2.14. The smallest absolute Gasteiger partial charge is 0.268 e. The largest absolute Gasteiger partial charge is 0.344 e. The van der Waals surface area contributed by atoms with E-state index >= 15 is 0 Å². The monoisotopic (exact) mass is 332 g/mol. The average molecular weight is 332 g/mol. The number of nitrogens with zero attached hydrogens (tertiary/aromatic N) is 2. The highest BCUT2D eigenvalue weighted by atomic mass is 16.2. The molecule has 0 atom stereocenters. The average Bonchev–Trinajstić information content (AvgIpc) is 2.96. The van der Waals surface area contributed by atoms with Crippen molar-refractivity contribution in [1.82, 2.24) is 19.9 Å². The van der Waals surface area contributed by atoms with Crippen molar-refractivity contribution in [3.8, 4) is 0 Å². The topological polar surface area (TPSA) is 79.8 Å². The van der Waals surface area contributed by atoms with Crippen molar-refractivity contribution in [3.63, 3.8) is 0 Å². The van der Waals surface area contributed by atoms with E-state index in [0.29, 0.717) is 5.39 Å². The number of carbonyl (C=O) groups excluding carboxylic acids is 1. The molecule has 0 fully saturated rings. The molecule has 2 heterocycles. The van der Waals surface area contributed by atoms with E-state index in [2.05, 4.69) is 15.3 Å². The second-order valence-corrected chi connectivity index (χ2v) is 5.86. The van der Waals surface area contributed by atoms with Crippen molar-refractivity contribution in [1.29, 1.82) is 0 Å². The molecule has 0 bridgehead atoms. The number of carbonyl (C=O) groups is 1. The molecule has 25 heavy (non-hydrogen) atoms. The van der Waals surface area contributed by atoms with E-state index in [1.54, 1.807) is 18.2 Å². The number of imidazole rings is 1. The van der Waals surface area contributed by atoms with E-state index in [9.17, 15) is 9.59 Å². The van der Waals surface area contributed by atoms with E-state index in [4.69, 9.17) is 0 Å². The molecule has 0 aliphatic heterocycles. The maximum Gasteiger partial charge on any atom is 0.268 e. The minimum absolute atomic E-state index is 0.238. The Morgan fingerprint density at radius 1 is 1.16 bits per heavy atom. The van der Waals surface area contributed by atoms with E-state index < -0.39 is 0 Å². The fraction of sp³-hybridized carbons (Fsp3) is 0.105. The summed E-state index contributed by atoms with van der Waals surface area (Å²) >= 11 is 0. The number of aryl methyl sites for hydroxylation is 1. The van der Waals surface area contributed by atoms with Crippen LogP contribution in [0.5, 0.6) is 0 Å². The molecule has 0 saturated carbocycles. The lowest BCUT2D eigenvalue weighted by Crippen LogP contribution is -2.27. The number of aromatic amines is 1. The van der Waals surface area contributed by atoms with Gasteiger partial charge in [-0.25, -0.2) is 4.98 Å². The lowest BCUT2D eigenvalue weighted by molar-refractivity contribution is 0.0944. The first kappa shape index (κ1) is 15.1. The molecule has 1 amide bonds. The van der Waals surface area contributed by atoms with Gasteiger partial charge >= 0.3 is 0 Å². The summed E-state index contributed by atoms with van der Waals surface area (Å²) in [4.78, 5) is 31.7. The second-order valence-electron chi connectivity index (χ2n) is 5.86. The Bertz CT molecular complexity index is 1160. The Labute approximate surface area is 143 Å². The third-order valence-electron chi connectivity index (χ3n) is 4.28. The van der Waals surface area contributed by atoms with Crippen LogP contribution in [0.4, 0.5) is 0 Å². The number of benzene rings is 2. The number of fused-ring (bicyclic) bond motifs is 2. The first-order chi connectivity index (χ1) is 12.1. The number of pyridine rings is 1. The molecule has 2 aromatic carbocycles. The van der Waals surface area contributed by atoms with Crippen molar-refractivity contribution < 1.29 is 4.79 Å². The van der Waals surface area contributed by atoms with Gasteiger partial charge in [0.1, 0.15) is 11.5 Å². The van der Waals surface area contributed by atoms with E-state index in [1.807, 2.05) is 48.0 Å². The minimum Gasteiger partial charge on any atom is -0.344 e. The molecule has 4 aromatic rings. The van der Waals surface area contributed by atoms with Gasteiger partial charge in [0.15, 0.2) is 0 Å². The maximum atomic E-state index is 12.4. The van der Waals surface area contributed by atoms with Gasteiger partial charge in [0.05, 0.1) is 17.6 Å². The number of hydrogen-bond donors (Lipinski definition) is 2. The fourth-order valence-electron chi connectivity index (χ4n) is 2.94. The van der Waals surface area contributed by atoms with Crippen molar-refractivity contribution in [2.75, 3.05) is 0 Å². The Morgan fingerprint density at radius 2 is 1.92 bits per heavy atom. The molecule has 0 aliphatic rings. The van der Waals surface area contributed by atoms with E-state index in [0.717, 1.165) is 22.2 Å². The zero-order chi connectivity index (χ0) is 17.4. The van der Waals surface area contributed by atoms with Gasteiger partial charge in [-0.15, -0.1) is 0 Å². The number of H-pyrrole nitrogens is 1. The molecule has 2 aromatic heterocycles. The van der Waals surface area contributed by atoms with Crippen molar-refractivity contribution in [2.24, 2.45) is 7.05 Å². The molecular formula is C19H16N4O2. The second kappa shape index (κ2) is 5.90. The number of nitrogens with one attached hydrogen (secondary N) is 2. The molecular weight excluding hydrogens is 316 g/mol. The van der Waals surface area contributed by atoms with Crippen molar-refractivity contribution in [3.05, 3.63) is 76.5 Å². The first-order valence-electron chi connectivity index (χ1n) is 7.94. The summed E-state index contributed by atoms with van der Waals surface area (Å²) in [6.45, 7) is 0.277. The van der Waals surface area contributed by atoms with Crippen molar-refractivity contribution >= 4 is 27.7 Å². The summed E-state index contributed by atoms with van der Waals surface area (Å²) in [6, 6.07) is 16.6. The lowest BCUT2D eigenvalue weighted by Gasteiger charge is -2.06. The molecule has 0 radical (unpaired) electrons. The Kier molecular flexibility index (Phi) is 3.57. The third kappa shape index (κ3) is 2.67. The number of hydrogen-bond acceptors (Lipinski definition) is 3. The van der Waals surface area contributed by atoms with Crippen LogP contribution in [0.25, 0.3) is 21.8 Å². The number of amides is 1. The molecule has 124 valence electrons. The molecule has 0 aliphatic carbocycles.